The van der Waals surface area contributed by atoms with Crippen LogP contribution in [0.25, 0.3) is 0 Å². The first kappa shape index (κ1) is 12.8. The predicted molar refractivity (Wildman–Crippen MR) is 70.5 cm³/mol. The van der Waals surface area contributed by atoms with Gasteiger partial charge in [0.05, 0.1) is 5.56 Å². The van der Waals surface area contributed by atoms with Gasteiger partial charge in [0.25, 0.3) is 0 Å². The molecular weight excluding hydrogens is 244 g/mol. The average Bonchev–Trinajstić information content (AvgIpc) is 2.36. The SMILES string of the molecule is Cc1cc(Nc2ccc(C(=O)O)cc2)nn(C)c1=N. The van der Waals surface area contributed by atoms with Crippen LogP contribution in [0.4, 0.5) is 11.5 Å². The lowest BCUT2D eigenvalue weighted by molar-refractivity contribution is 0.0697. The number of nitrogens with zero attached hydrogens (tertiary/aromatic N) is 2. The Labute approximate surface area is 109 Å². The molecule has 0 bridgehead atoms. The summed E-state index contributed by atoms with van der Waals surface area (Å²) in [5, 5.41) is 23.8. The molecule has 19 heavy (non-hydrogen) atoms. The molecule has 2 aromatic rings. The minimum absolute atomic E-state index is 0.238. The van der Waals surface area contributed by atoms with E-state index in [1.807, 2.05) is 6.92 Å². The van der Waals surface area contributed by atoms with Gasteiger partial charge in [-0.25, -0.2) is 9.48 Å². The number of benzene rings is 1. The Kier molecular flexibility index (Phi) is 3.33. The van der Waals surface area contributed by atoms with E-state index in [2.05, 4.69) is 10.4 Å². The van der Waals surface area contributed by atoms with Crippen molar-refractivity contribution < 1.29 is 9.90 Å². The van der Waals surface area contributed by atoms with Crippen molar-refractivity contribution >= 4 is 17.5 Å². The number of rotatable bonds is 3. The standard InChI is InChI=1S/C13H14N4O2/c1-8-7-11(16-17(2)12(8)14)15-10-5-3-9(4-6-10)13(18)19/h3-7,14H,1-2H3,(H,15,16)(H,18,19). The highest BCUT2D eigenvalue weighted by Crippen LogP contribution is 2.15. The van der Waals surface area contributed by atoms with Crippen LogP contribution in [-0.4, -0.2) is 20.9 Å². The van der Waals surface area contributed by atoms with Gasteiger partial charge in [0.15, 0.2) is 5.82 Å². The molecule has 6 nitrogen and oxygen atoms in total. The monoisotopic (exact) mass is 258 g/mol. The van der Waals surface area contributed by atoms with Crippen LogP contribution in [0.5, 0.6) is 0 Å². The summed E-state index contributed by atoms with van der Waals surface area (Å²) in [7, 11) is 1.70. The van der Waals surface area contributed by atoms with Gasteiger partial charge in [-0.15, -0.1) is 0 Å². The molecule has 0 unspecified atom stereocenters. The quantitative estimate of drug-likeness (QED) is 0.780. The molecule has 3 N–H and O–H groups in total. The van der Waals surface area contributed by atoms with Crippen molar-refractivity contribution in [2.75, 3.05) is 5.32 Å². The van der Waals surface area contributed by atoms with Crippen molar-refractivity contribution in [3.63, 3.8) is 0 Å². The maximum absolute atomic E-state index is 10.7. The van der Waals surface area contributed by atoms with Gasteiger partial charge < -0.3 is 10.4 Å². The maximum atomic E-state index is 10.7. The van der Waals surface area contributed by atoms with Crippen LogP contribution < -0.4 is 10.8 Å². The number of carboxylic acid groups (broad SMARTS) is 1. The van der Waals surface area contributed by atoms with E-state index in [9.17, 15) is 4.79 Å². The number of hydrogen-bond donors (Lipinski definition) is 3. The number of nitrogens with one attached hydrogen (secondary N) is 2. The highest BCUT2D eigenvalue weighted by atomic mass is 16.4. The van der Waals surface area contributed by atoms with Crippen molar-refractivity contribution in [1.82, 2.24) is 9.78 Å². The second-order valence-corrected chi connectivity index (χ2v) is 4.19. The lowest BCUT2D eigenvalue weighted by Crippen LogP contribution is -2.22. The summed E-state index contributed by atoms with van der Waals surface area (Å²) in [5.41, 5.74) is 2.14. The van der Waals surface area contributed by atoms with Crippen molar-refractivity contribution in [3.05, 3.63) is 46.9 Å². The van der Waals surface area contributed by atoms with Crippen molar-refractivity contribution in [1.29, 1.82) is 5.41 Å². The molecule has 0 amide bonds. The van der Waals surface area contributed by atoms with Crippen LogP contribution in [0.2, 0.25) is 0 Å². The van der Waals surface area contributed by atoms with Crippen LogP contribution in [0, 0.1) is 12.3 Å². The van der Waals surface area contributed by atoms with Gasteiger partial charge in [0.1, 0.15) is 5.49 Å². The van der Waals surface area contributed by atoms with Crippen LogP contribution in [0.1, 0.15) is 15.9 Å². The lowest BCUT2D eigenvalue weighted by atomic mass is 10.2. The maximum Gasteiger partial charge on any atom is 0.335 e. The number of aromatic nitrogens is 2. The van der Waals surface area contributed by atoms with Gasteiger partial charge >= 0.3 is 5.97 Å². The molecule has 0 atom stereocenters. The lowest BCUT2D eigenvalue weighted by Gasteiger charge is -2.09. The normalized spacial score (nSPS) is 10.2. The van der Waals surface area contributed by atoms with E-state index in [4.69, 9.17) is 10.5 Å². The Hall–Kier alpha value is -2.63. The van der Waals surface area contributed by atoms with Crippen LogP contribution in [-0.2, 0) is 7.05 Å². The fourth-order valence-electron chi connectivity index (χ4n) is 1.67. The smallest absolute Gasteiger partial charge is 0.335 e. The molecule has 1 aromatic carbocycles. The van der Waals surface area contributed by atoms with Crippen LogP contribution in [0.15, 0.2) is 30.3 Å². The van der Waals surface area contributed by atoms with Gasteiger partial charge in [-0.3, -0.25) is 5.41 Å². The third-order valence-electron chi connectivity index (χ3n) is 2.71. The molecule has 98 valence electrons. The third-order valence-corrected chi connectivity index (χ3v) is 2.71. The largest absolute Gasteiger partial charge is 0.478 e. The van der Waals surface area contributed by atoms with Crippen molar-refractivity contribution in [3.8, 4) is 0 Å². The minimum atomic E-state index is -0.953. The summed E-state index contributed by atoms with van der Waals surface area (Å²) >= 11 is 0. The van der Waals surface area contributed by atoms with Crippen molar-refractivity contribution in [2.24, 2.45) is 7.05 Å². The first-order chi connectivity index (χ1) is 8.97. The second-order valence-electron chi connectivity index (χ2n) is 4.19. The molecule has 0 saturated carbocycles. The highest BCUT2D eigenvalue weighted by Gasteiger charge is 2.03. The van der Waals surface area contributed by atoms with E-state index in [1.54, 1.807) is 25.2 Å². The summed E-state index contributed by atoms with van der Waals surface area (Å²) in [6.45, 7) is 1.84. The molecule has 2 rings (SSSR count). The summed E-state index contributed by atoms with van der Waals surface area (Å²) in [6, 6.07) is 8.17. The molecule has 0 spiro atoms. The van der Waals surface area contributed by atoms with Gasteiger partial charge in [0, 0.05) is 12.7 Å². The average molecular weight is 258 g/mol. The fraction of sp³-hybridized carbons (Fsp3) is 0.154. The molecular formula is C13H14N4O2. The highest BCUT2D eigenvalue weighted by molar-refractivity contribution is 5.88. The summed E-state index contributed by atoms with van der Waals surface area (Å²) in [6.07, 6.45) is 0. The van der Waals surface area contributed by atoms with Gasteiger partial charge in [-0.1, -0.05) is 0 Å². The van der Waals surface area contributed by atoms with E-state index < -0.39 is 5.97 Å². The van der Waals surface area contributed by atoms with E-state index in [0.29, 0.717) is 11.3 Å². The predicted octanol–water partition coefficient (Wildman–Crippen LogP) is 1.65. The Balaban J connectivity index is 2.26. The van der Waals surface area contributed by atoms with Crippen molar-refractivity contribution in [2.45, 2.75) is 6.92 Å². The fourth-order valence-corrected chi connectivity index (χ4v) is 1.67. The summed E-state index contributed by atoms with van der Waals surface area (Å²) < 4.78 is 1.48. The Morgan fingerprint density at radius 1 is 1.37 bits per heavy atom. The molecule has 0 fully saturated rings. The molecule has 1 aromatic heterocycles. The zero-order valence-corrected chi connectivity index (χ0v) is 10.6. The summed E-state index contributed by atoms with van der Waals surface area (Å²) in [5.74, 6) is -0.343. The molecule has 0 aliphatic rings. The third kappa shape index (κ3) is 2.79. The first-order valence-electron chi connectivity index (χ1n) is 5.67. The molecule has 0 saturated heterocycles. The topological polar surface area (TPSA) is 91.0 Å². The number of aromatic carboxylic acids is 1. The Morgan fingerprint density at radius 3 is 2.53 bits per heavy atom. The van der Waals surface area contributed by atoms with E-state index in [-0.39, 0.29) is 5.56 Å². The number of hydrogen-bond acceptors (Lipinski definition) is 4. The molecule has 6 heteroatoms. The molecule has 1 heterocycles. The Bertz CT molecular complexity index is 648. The first-order valence-corrected chi connectivity index (χ1v) is 5.67. The summed E-state index contributed by atoms with van der Waals surface area (Å²) in [4.78, 5) is 10.7. The number of carbonyl (C=O) groups is 1. The van der Waals surface area contributed by atoms with Crippen LogP contribution in [0.3, 0.4) is 0 Å². The molecule has 0 aliphatic carbocycles. The van der Waals surface area contributed by atoms with Gasteiger partial charge in [-0.2, -0.15) is 5.10 Å². The number of aryl methyl sites for hydroxylation is 2. The zero-order chi connectivity index (χ0) is 14.0. The second kappa shape index (κ2) is 4.93. The van der Waals surface area contributed by atoms with Gasteiger partial charge in [0.2, 0.25) is 0 Å². The Morgan fingerprint density at radius 2 is 2.00 bits per heavy atom. The van der Waals surface area contributed by atoms with E-state index >= 15 is 0 Å². The van der Waals surface area contributed by atoms with E-state index in [0.717, 1.165) is 11.3 Å². The van der Waals surface area contributed by atoms with Crippen LogP contribution >= 0.6 is 0 Å². The number of carboxylic acids is 1. The molecule has 0 radical (unpaired) electrons. The minimum Gasteiger partial charge on any atom is -0.478 e. The molecule has 0 aliphatic heterocycles. The zero-order valence-electron chi connectivity index (χ0n) is 10.6. The number of anilines is 2. The van der Waals surface area contributed by atoms with Gasteiger partial charge in [-0.05, 0) is 42.8 Å². The van der Waals surface area contributed by atoms with E-state index in [1.165, 1.54) is 16.8 Å².